The maximum Gasteiger partial charge on any atom is 0.0827 e. The number of rotatable bonds is 4. The van der Waals surface area contributed by atoms with Gasteiger partial charge in [0, 0.05) is 38.4 Å². The van der Waals surface area contributed by atoms with Gasteiger partial charge in [0.15, 0.2) is 0 Å². The molecule has 18 heavy (non-hydrogen) atoms. The van der Waals surface area contributed by atoms with Gasteiger partial charge in [0.2, 0.25) is 0 Å². The Morgan fingerprint density at radius 1 is 1.44 bits per heavy atom. The summed E-state index contributed by atoms with van der Waals surface area (Å²) in [5, 5.41) is 8.16. The molecule has 0 aliphatic carbocycles. The van der Waals surface area contributed by atoms with Crippen LogP contribution in [0.1, 0.15) is 38.8 Å². The van der Waals surface area contributed by atoms with Gasteiger partial charge in [0.25, 0.3) is 0 Å². The fourth-order valence-corrected chi connectivity index (χ4v) is 2.93. The van der Waals surface area contributed by atoms with Crippen molar-refractivity contribution in [1.82, 2.24) is 15.1 Å². The van der Waals surface area contributed by atoms with Crippen molar-refractivity contribution in [3.63, 3.8) is 0 Å². The molecule has 1 saturated heterocycles. The predicted molar refractivity (Wildman–Crippen MR) is 76.1 cm³/mol. The van der Waals surface area contributed by atoms with E-state index in [1.165, 1.54) is 24.9 Å². The summed E-state index contributed by atoms with van der Waals surface area (Å²) >= 11 is 0. The zero-order valence-electron chi connectivity index (χ0n) is 12.1. The molecule has 1 aromatic rings. The third kappa shape index (κ3) is 2.69. The monoisotopic (exact) mass is 250 g/mol. The molecule has 2 atom stereocenters. The van der Waals surface area contributed by atoms with E-state index in [0.717, 1.165) is 18.8 Å². The van der Waals surface area contributed by atoms with Crippen LogP contribution in [0.4, 0.5) is 5.69 Å². The summed E-state index contributed by atoms with van der Waals surface area (Å²) in [5.41, 5.74) is 2.46. The quantitative estimate of drug-likeness (QED) is 0.888. The summed E-state index contributed by atoms with van der Waals surface area (Å²) < 4.78 is 1.92. The molecule has 1 aliphatic rings. The van der Waals surface area contributed by atoms with Crippen LogP contribution in [0.3, 0.4) is 0 Å². The van der Waals surface area contributed by atoms with E-state index in [1.54, 1.807) is 0 Å². The second kappa shape index (κ2) is 5.74. The summed E-state index contributed by atoms with van der Waals surface area (Å²) in [7, 11) is 2.00. The zero-order chi connectivity index (χ0) is 13.1. The maximum atomic E-state index is 4.48. The summed E-state index contributed by atoms with van der Waals surface area (Å²) in [4.78, 5) is 2.55. The van der Waals surface area contributed by atoms with Gasteiger partial charge >= 0.3 is 0 Å². The molecule has 0 bridgehead atoms. The first-order valence-corrected chi connectivity index (χ1v) is 7.16. The van der Waals surface area contributed by atoms with E-state index < -0.39 is 0 Å². The average molecular weight is 250 g/mol. The molecule has 1 fully saturated rings. The Kier molecular flexibility index (Phi) is 4.27. The molecule has 1 aliphatic heterocycles. The Bertz CT molecular complexity index is 385. The lowest BCUT2D eigenvalue weighted by molar-refractivity contribution is 0.369. The highest BCUT2D eigenvalue weighted by atomic mass is 15.3. The van der Waals surface area contributed by atoms with Crippen molar-refractivity contribution in [2.24, 2.45) is 7.05 Å². The molecule has 0 radical (unpaired) electrons. The van der Waals surface area contributed by atoms with Gasteiger partial charge in [-0.1, -0.05) is 20.3 Å². The predicted octanol–water partition coefficient (Wildman–Crippen LogP) is 2.09. The van der Waals surface area contributed by atoms with Crippen molar-refractivity contribution in [2.75, 3.05) is 18.0 Å². The molecule has 4 heteroatoms. The summed E-state index contributed by atoms with van der Waals surface area (Å²) in [6.07, 6.45) is 5.84. The normalized spacial score (nSPS) is 24.6. The maximum absolute atomic E-state index is 4.48. The van der Waals surface area contributed by atoms with E-state index in [9.17, 15) is 0 Å². The topological polar surface area (TPSA) is 33.1 Å². The van der Waals surface area contributed by atoms with Gasteiger partial charge < -0.3 is 10.2 Å². The third-order valence-electron chi connectivity index (χ3n) is 3.91. The molecule has 2 rings (SSSR count). The van der Waals surface area contributed by atoms with Crippen molar-refractivity contribution in [1.29, 1.82) is 0 Å². The van der Waals surface area contributed by atoms with Gasteiger partial charge in [-0.2, -0.15) is 5.10 Å². The van der Waals surface area contributed by atoms with Crippen LogP contribution in [0, 0.1) is 6.92 Å². The van der Waals surface area contributed by atoms with Gasteiger partial charge in [0.05, 0.1) is 11.4 Å². The van der Waals surface area contributed by atoms with E-state index >= 15 is 0 Å². The molecule has 0 aromatic carbocycles. The van der Waals surface area contributed by atoms with E-state index in [-0.39, 0.29) is 0 Å². The standard InChI is InChI=1S/C14H26N4/c1-5-7-12-9-18(13(6-2)8-15-12)14-10-17(4)16-11(14)3/h10,12-13,15H,5-9H2,1-4H3. The molecule has 1 aromatic heterocycles. The number of anilines is 1. The lowest BCUT2D eigenvalue weighted by atomic mass is 10.0. The minimum atomic E-state index is 0.598. The van der Waals surface area contributed by atoms with E-state index in [0.29, 0.717) is 12.1 Å². The smallest absolute Gasteiger partial charge is 0.0827 e. The summed E-state index contributed by atoms with van der Waals surface area (Å²) in [6.45, 7) is 8.84. The van der Waals surface area contributed by atoms with Crippen LogP contribution in [0.15, 0.2) is 6.20 Å². The van der Waals surface area contributed by atoms with E-state index in [4.69, 9.17) is 0 Å². The molecule has 0 saturated carbocycles. The molecule has 1 N–H and O–H groups in total. The number of aromatic nitrogens is 2. The molecule has 2 heterocycles. The fraction of sp³-hybridized carbons (Fsp3) is 0.786. The van der Waals surface area contributed by atoms with Crippen molar-refractivity contribution >= 4 is 5.69 Å². The van der Waals surface area contributed by atoms with Crippen molar-refractivity contribution in [3.8, 4) is 0 Å². The van der Waals surface area contributed by atoms with Crippen molar-refractivity contribution < 1.29 is 0 Å². The number of nitrogens with one attached hydrogen (secondary N) is 1. The van der Waals surface area contributed by atoms with Crippen molar-refractivity contribution in [3.05, 3.63) is 11.9 Å². The molecular formula is C14H26N4. The van der Waals surface area contributed by atoms with Crippen LogP contribution in [-0.4, -0.2) is 35.0 Å². The SMILES string of the molecule is CCCC1CN(c2cn(C)nc2C)C(CC)CN1. The van der Waals surface area contributed by atoms with Gasteiger partial charge in [-0.15, -0.1) is 0 Å². The number of hydrogen-bond donors (Lipinski definition) is 1. The Hall–Kier alpha value is -1.03. The molecular weight excluding hydrogens is 224 g/mol. The van der Waals surface area contributed by atoms with Crippen LogP contribution in [0.5, 0.6) is 0 Å². The lowest BCUT2D eigenvalue weighted by Crippen LogP contribution is -2.56. The summed E-state index contributed by atoms with van der Waals surface area (Å²) in [6, 6.07) is 1.22. The fourth-order valence-electron chi connectivity index (χ4n) is 2.93. The Balaban J connectivity index is 2.18. The number of aryl methyl sites for hydroxylation is 2. The third-order valence-corrected chi connectivity index (χ3v) is 3.91. The van der Waals surface area contributed by atoms with Crippen LogP contribution in [0.2, 0.25) is 0 Å². The highest BCUT2D eigenvalue weighted by Gasteiger charge is 2.28. The van der Waals surface area contributed by atoms with E-state index in [1.807, 2.05) is 11.7 Å². The average Bonchev–Trinajstić information content (AvgIpc) is 2.69. The Morgan fingerprint density at radius 3 is 2.78 bits per heavy atom. The number of piperazine rings is 1. The van der Waals surface area contributed by atoms with Crippen LogP contribution in [-0.2, 0) is 7.05 Å². The van der Waals surface area contributed by atoms with Crippen LogP contribution in [0.25, 0.3) is 0 Å². The molecule has 4 nitrogen and oxygen atoms in total. The highest BCUT2D eigenvalue weighted by molar-refractivity contribution is 5.50. The zero-order valence-corrected chi connectivity index (χ0v) is 12.1. The molecule has 2 unspecified atom stereocenters. The van der Waals surface area contributed by atoms with Gasteiger partial charge in [-0.05, 0) is 19.8 Å². The second-order valence-corrected chi connectivity index (χ2v) is 5.38. The minimum absolute atomic E-state index is 0.598. The number of hydrogen-bond acceptors (Lipinski definition) is 3. The van der Waals surface area contributed by atoms with Gasteiger partial charge in [-0.3, -0.25) is 4.68 Å². The Morgan fingerprint density at radius 2 is 2.22 bits per heavy atom. The van der Waals surface area contributed by atoms with Crippen LogP contribution < -0.4 is 10.2 Å². The second-order valence-electron chi connectivity index (χ2n) is 5.38. The molecule has 0 amide bonds. The largest absolute Gasteiger partial charge is 0.363 e. The van der Waals surface area contributed by atoms with Gasteiger partial charge in [-0.25, -0.2) is 0 Å². The first kappa shape index (κ1) is 13.4. The number of nitrogens with zero attached hydrogens (tertiary/aromatic N) is 3. The summed E-state index contributed by atoms with van der Waals surface area (Å²) in [5.74, 6) is 0. The minimum Gasteiger partial charge on any atom is -0.363 e. The highest BCUT2D eigenvalue weighted by Crippen LogP contribution is 2.25. The lowest BCUT2D eigenvalue weighted by Gasteiger charge is -2.41. The van der Waals surface area contributed by atoms with Crippen LogP contribution >= 0.6 is 0 Å². The van der Waals surface area contributed by atoms with E-state index in [2.05, 4.69) is 42.3 Å². The first-order valence-electron chi connectivity index (χ1n) is 7.16. The Labute approximate surface area is 110 Å². The molecule has 102 valence electrons. The first-order chi connectivity index (χ1) is 8.65. The van der Waals surface area contributed by atoms with Gasteiger partial charge in [0.1, 0.15) is 0 Å². The molecule has 0 spiro atoms. The van der Waals surface area contributed by atoms with Crippen molar-refractivity contribution in [2.45, 2.75) is 52.1 Å².